The summed E-state index contributed by atoms with van der Waals surface area (Å²) in [5.41, 5.74) is 5.46. The van der Waals surface area contributed by atoms with Gasteiger partial charge in [0.2, 0.25) is 0 Å². The quantitative estimate of drug-likeness (QED) is 0.735. The van der Waals surface area contributed by atoms with Gasteiger partial charge in [-0.3, -0.25) is 0 Å². The first kappa shape index (κ1) is 16.9. The predicted octanol–water partition coefficient (Wildman–Crippen LogP) is 1.41. The molecule has 1 aliphatic rings. The first-order valence-corrected chi connectivity index (χ1v) is 8.72. The average molecular weight is 291 g/mol. The maximum atomic E-state index is 12.7. The van der Waals surface area contributed by atoms with Crippen LogP contribution in [-0.2, 0) is 10.2 Å². The Morgan fingerprint density at radius 3 is 2.32 bits per heavy atom. The zero-order valence-corrected chi connectivity index (χ0v) is 13.3. The molecule has 0 aromatic carbocycles. The van der Waals surface area contributed by atoms with Crippen LogP contribution in [0, 0.1) is 5.92 Å². The van der Waals surface area contributed by atoms with Crippen molar-refractivity contribution in [2.24, 2.45) is 11.7 Å². The fourth-order valence-electron chi connectivity index (χ4n) is 2.59. The molecule has 1 fully saturated rings. The highest BCUT2D eigenvalue weighted by Crippen LogP contribution is 2.27. The molecule has 0 radical (unpaired) electrons. The normalized spacial score (nSPS) is 18.1. The summed E-state index contributed by atoms with van der Waals surface area (Å²) < 4.78 is 28.5. The van der Waals surface area contributed by atoms with Crippen LogP contribution in [0.3, 0.4) is 0 Å². The van der Waals surface area contributed by atoms with Crippen molar-refractivity contribution in [3.8, 4) is 0 Å². The second-order valence-corrected chi connectivity index (χ2v) is 7.86. The Kier molecular flexibility index (Phi) is 6.73. The van der Waals surface area contributed by atoms with Gasteiger partial charge in [-0.25, -0.2) is 0 Å². The third kappa shape index (κ3) is 4.70. The summed E-state index contributed by atoms with van der Waals surface area (Å²) in [6.45, 7) is 5.77. The van der Waals surface area contributed by atoms with E-state index in [1.807, 2.05) is 0 Å². The molecule has 19 heavy (non-hydrogen) atoms. The van der Waals surface area contributed by atoms with Crippen LogP contribution in [0.2, 0.25) is 0 Å². The van der Waals surface area contributed by atoms with Crippen LogP contribution >= 0.6 is 0 Å². The maximum absolute atomic E-state index is 12.7. The summed E-state index contributed by atoms with van der Waals surface area (Å²) in [6, 6.07) is 0.188. The van der Waals surface area contributed by atoms with Crippen molar-refractivity contribution in [2.75, 3.05) is 26.7 Å². The van der Waals surface area contributed by atoms with Gasteiger partial charge in [0.25, 0.3) is 10.2 Å². The first-order valence-electron chi connectivity index (χ1n) is 7.32. The Morgan fingerprint density at radius 2 is 1.84 bits per heavy atom. The van der Waals surface area contributed by atoms with E-state index in [4.69, 9.17) is 5.73 Å². The van der Waals surface area contributed by atoms with Gasteiger partial charge in [-0.05, 0) is 31.7 Å². The van der Waals surface area contributed by atoms with Crippen molar-refractivity contribution in [2.45, 2.75) is 52.0 Å². The molecule has 0 spiro atoms. The summed E-state index contributed by atoms with van der Waals surface area (Å²) in [5.74, 6) is 0.346. The van der Waals surface area contributed by atoms with Crippen molar-refractivity contribution in [1.82, 2.24) is 8.61 Å². The zero-order valence-electron chi connectivity index (χ0n) is 12.5. The maximum Gasteiger partial charge on any atom is 0.281 e. The minimum atomic E-state index is -3.34. The third-order valence-electron chi connectivity index (χ3n) is 3.64. The molecule has 0 atom stereocenters. The summed E-state index contributed by atoms with van der Waals surface area (Å²) in [4.78, 5) is 0. The van der Waals surface area contributed by atoms with Crippen LogP contribution in [0.15, 0.2) is 0 Å². The molecule has 0 aromatic heterocycles. The Labute approximate surface area is 118 Å². The van der Waals surface area contributed by atoms with Gasteiger partial charge in [0.1, 0.15) is 0 Å². The smallest absolute Gasteiger partial charge is 0.281 e. The predicted molar refractivity (Wildman–Crippen MR) is 79.0 cm³/mol. The van der Waals surface area contributed by atoms with E-state index in [2.05, 4.69) is 13.8 Å². The highest BCUT2D eigenvalue weighted by atomic mass is 32.2. The van der Waals surface area contributed by atoms with Gasteiger partial charge in [-0.1, -0.05) is 26.7 Å². The lowest BCUT2D eigenvalue weighted by atomic mass is 10.2. The second-order valence-electron chi connectivity index (χ2n) is 5.87. The van der Waals surface area contributed by atoms with Gasteiger partial charge in [-0.2, -0.15) is 17.0 Å². The minimum Gasteiger partial charge on any atom is -0.330 e. The lowest BCUT2D eigenvalue weighted by Crippen LogP contribution is -2.48. The molecule has 6 heteroatoms. The van der Waals surface area contributed by atoms with Gasteiger partial charge >= 0.3 is 0 Å². The van der Waals surface area contributed by atoms with E-state index in [0.29, 0.717) is 32.0 Å². The highest BCUT2D eigenvalue weighted by molar-refractivity contribution is 7.86. The Balaban J connectivity index is 2.81. The molecule has 114 valence electrons. The van der Waals surface area contributed by atoms with Crippen molar-refractivity contribution >= 4 is 10.2 Å². The van der Waals surface area contributed by atoms with Crippen LogP contribution < -0.4 is 5.73 Å². The van der Waals surface area contributed by atoms with Crippen LogP contribution in [0.4, 0.5) is 0 Å². The van der Waals surface area contributed by atoms with Gasteiger partial charge in [0.15, 0.2) is 0 Å². The lowest BCUT2D eigenvalue weighted by Gasteiger charge is -2.33. The largest absolute Gasteiger partial charge is 0.330 e. The van der Waals surface area contributed by atoms with Crippen LogP contribution in [0.1, 0.15) is 46.0 Å². The van der Waals surface area contributed by atoms with E-state index < -0.39 is 10.2 Å². The van der Waals surface area contributed by atoms with Crippen molar-refractivity contribution in [1.29, 1.82) is 0 Å². The van der Waals surface area contributed by atoms with E-state index >= 15 is 0 Å². The molecule has 2 N–H and O–H groups in total. The first-order chi connectivity index (χ1) is 8.89. The molecule has 0 heterocycles. The van der Waals surface area contributed by atoms with E-state index in [0.717, 1.165) is 25.7 Å². The minimum absolute atomic E-state index is 0.188. The van der Waals surface area contributed by atoms with Crippen molar-refractivity contribution in [3.05, 3.63) is 0 Å². The second kappa shape index (κ2) is 7.57. The van der Waals surface area contributed by atoms with Gasteiger partial charge < -0.3 is 5.73 Å². The zero-order chi connectivity index (χ0) is 14.5. The van der Waals surface area contributed by atoms with Gasteiger partial charge in [-0.15, -0.1) is 0 Å². The van der Waals surface area contributed by atoms with Crippen molar-refractivity contribution in [3.63, 3.8) is 0 Å². The van der Waals surface area contributed by atoms with E-state index in [-0.39, 0.29) is 6.04 Å². The fourth-order valence-corrected chi connectivity index (χ4v) is 4.38. The summed E-state index contributed by atoms with van der Waals surface area (Å²) in [6.07, 6.45) is 4.98. The number of hydrogen-bond acceptors (Lipinski definition) is 3. The molecule has 0 bridgehead atoms. The molecule has 0 aliphatic heterocycles. The van der Waals surface area contributed by atoms with Crippen molar-refractivity contribution < 1.29 is 8.42 Å². The summed E-state index contributed by atoms with van der Waals surface area (Å²) in [7, 11) is -1.68. The molecule has 1 aliphatic carbocycles. The number of rotatable bonds is 8. The summed E-state index contributed by atoms with van der Waals surface area (Å²) >= 11 is 0. The molecule has 5 nitrogen and oxygen atoms in total. The molecule has 0 unspecified atom stereocenters. The highest BCUT2D eigenvalue weighted by Gasteiger charge is 2.34. The monoisotopic (exact) mass is 291 g/mol. The molecule has 0 amide bonds. The van der Waals surface area contributed by atoms with Gasteiger partial charge in [0, 0.05) is 26.2 Å². The van der Waals surface area contributed by atoms with Gasteiger partial charge in [0.05, 0.1) is 0 Å². The fraction of sp³-hybridized carbons (Fsp3) is 1.00. The molecule has 0 saturated heterocycles. The lowest BCUT2D eigenvalue weighted by molar-refractivity contribution is 0.270. The van der Waals surface area contributed by atoms with E-state index in [1.54, 1.807) is 11.4 Å². The summed E-state index contributed by atoms with van der Waals surface area (Å²) in [5, 5.41) is 0. The SMILES string of the molecule is CC(C)CN(C1CCCC1)S(=O)(=O)N(C)CCCN. The number of hydrogen-bond donors (Lipinski definition) is 1. The van der Waals surface area contributed by atoms with Crippen LogP contribution in [-0.4, -0.2) is 49.8 Å². The van der Waals surface area contributed by atoms with Crippen LogP contribution in [0.5, 0.6) is 0 Å². The van der Waals surface area contributed by atoms with E-state index in [9.17, 15) is 8.42 Å². The molecule has 1 saturated carbocycles. The number of nitrogens with zero attached hydrogens (tertiary/aromatic N) is 2. The molecular formula is C13H29N3O2S. The van der Waals surface area contributed by atoms with Crippen LogP contribution in [0.25, 0.3) is 0 Å². The molecule has 1 rings (SSSR count). The third-order valence-corrected chi connectivity index (χ3v) is 5.65. The topological polar surface area (TPSA) is 66.6 Å². The Morgan fingerprint density at radius 1 is 1.26 bits per heavy atom. The molecule has 0 aromatic rings. The van der Waals surface area contributed by atoms with E-state index in [1.165, 1.54) is 4.31 Å². The standard InChI is InChI=1S/C13H29N3O2S/c1-12(2)11-16(13-7-4-5-8-13)19(17,18)15(3)10-6-9-14/h12-13H,4-11,14H2,1-3H3. The average Bonchev–Trinajstić information content (AvgIpc) is 2.85. The Hall–Kier alpha value is -0.170. The molecular weight excluding hydrogens is 262 g/mol. The Bertz CT molecular complexity index is 351. The number of nitrogens with two attached hydrogens (primary N) is 1.